The molecule has 6 heteroatoms. The summed E-state index contributed by atoms with van der Waals surface area (Å²) in [5, 5.41) is 0. The van der Waals surface area contributed by atoms with Crippen molar-refractivity contribution in [1.82, 2.24) is 0 Å². The number of hydrogen-bond acceptors (Lipinski definition) is 5. The van der Waals surface area contributed by atoms with Crippen molar-refractivity contribution in [3.05, 3.63) is 94.5 Å². The number of hydrogen-bond donors (Lipinski definition) is 0. The second-order valence-electron chi connectivity index (χ2n) is 8.56. The third-order valence-electron chi connectivity index (χ3n) is 5.36. The van der Waals surface area contributed by atoms with Gasteiger partial charge in [-0.3, -0.25) is 4.79 Å². The van der Waals surface area contributed by atoms with Crippen LogP contribution in [0.5, 0.6) is 0 Å². The Labute approximate surface area is 181 Å². The molecular weight excluding hydrogens is 412 g/mol. The highest BCUT2D eigenvalue weighted by molar-refractivity contribution is 7.91. The normalized spacial score (nSPS) is 14.5. The Morgan fingerprint density at radius 3 is 2.19 bits per heavy atom. The van der Waals surface area contributed by atoms with Gasteiger partial charge in [0.25, 0.3) is 0 Å². The number of carbonyl (C=O) groups is 2. The molecule has 0 saturated carbocycles. The van der Waals surface area contributed by atoms with E-state index in [9.17, 15) is 18.0 Å². The van der Waals surface area contributed by atoms with Crippen molar-refractivity contribution in [2.24, 2.45) is 0 Å². The molecular formula is C25H22O5S. The van der Waals surface area contributed by atoms with Crippen LogP contribution in [0.3, 0.4) is 0 Å². The molecule has 1 heterocycles. The summed E-state index contributed by atoms with van der Waals surface area (Å²) in [6.07, 6.45) is 0. The summed E-state index contributed by atoms with van der Waals surface area (Å²) in [4.78, 5) is 25.1. The molecule has 0 aliphatic carbocycles. The van der Waals surface area contributed by atoms with Gasteiger partial charge in [-0.1, -0.05) is 57.2 Å². The predicted molar refractivity (Wildman–Crippen MR) is 116 cm³/mol. The summed E-state index contributed by atoms with van der Waals surface area (Å²) < 4.78 is 31.4. The number of benzene rings is 3. The molecule has 1 aliphatic rings. The second kappa shape index (κ2) is 7.46. The zero-order chi connectivity index (χ0) is 22.4. The fraction of sp³-hybridized carbons (Fsp3) is 0.200. The lowest BCUT2D eigenvalue weighted by Crippen LogP contribution is -2.21. The van der Waals surface area contributed by atoms with E-state index in [2.05, 4.69) is 20.8 Å². The van der Waals surface area contributed by atoms with Gasteiger partial charge in [-0.15, -0.1) is 0 Å². The third-order valence-corrected chi connectivity index (χ3v) is 7.21. The van der Waals surface area contributed by atoms with Crippen LogP contribution in [0.15, 0.2) is 76.5 Å². The monoisotopic (exact) mass is 434 g/mol. The summed E-state index contributed by atoms with van der Waals surface area (Å²) in [6, 6.07) is 17.9. The van der Waals surface area contributed by atoms with Gasteiger partial charge in [0, 0.05) is 11.1 Å². The topological polar surface area (TPSA) is 77.5 Å². The van der Waals surface area contributed by atoms with Crippen LogP contribution in [0.25, 0.3) is 0 Å². The first-order chi connectivity index (χ1) is 14.6. The second-order valence-corrected chi connectivity index (χ2v) is 10.4. The fourth-order valence-electron chi connectivity index (χ4n) is 3.54. The Hall–Kier alpha value is -3.25. The molecule has 0 unspecified atom stereocenters. The smallest absolute Gasteiger partial charge is 0.338 e. The molecule has 1 aliphatic heterocycles. The number of rotatable bonds is 3. The zero-order valence-electron chi connectivity index (χ0n) is 17.5. The van der Waals surface area contributed by atoms with Crippen molar-refractivity contribution < 1.29 is 22.7 Å². The minimum absolute atomic E-state index is 0.0277. The maximum absolute atomic E-state index is 13.0. The zero-order valence-corrected chi connectivity index (χ0v) is 18.3. The van der Waals surface area contributed by atoms with E-state index in [-0.39, 0.29) is 44.3 Å². The summed E-state index contributed by atoms with van der Waals surface area (Å²) in [5.41, 5.74) is 2.32. The van der Waals surface area contributed by atoms with Crippen LogP contribution < -0.4 is 0 Å². The number of ketones is 1. The van der Waals surface area contributed by atoms with Gasteiger partial charge < -0.3 is 4.74 Å². The molecule has 0 amide bonds. The Morgan fingerprint density at radius 2 is 1.52 bits per heavy atom. The van der Waals surface area contributed by atoms with E-state index >= 15 is 0 Å². The molecule has 0 spiro atoms. The number of carbonyl (C=O) groups excluding carboxylic acids is 2. The number of fused-ring (bicyclic) bond motifs is 2. The van der Waals surface area contributed by atoms with Gasteiger partial charge in [-0.2, -0.15) is 0 Å². The van der Waals surface area contributed by atoms with Crippen LogP contribution in [-0.2, 0) is 26.6 Å². The molecule has 0 fully saturated rings. The standard InChI is InChI=1S/C25H22O5S/c1-25(2,3)18-11-8-16(9-12-18)15-30-24(27)17-10-13-20-22(14-17)31(28,29)21-7-5-4-6-19(21)23(20)26/h4-14H,15H2,1-3H3. The lowest BCUT2D eigenvalue weighted by atomic mass is 9.87. The van der Waals surface area contributed by atoms with Gasteiger partial charge in [0.05, 0.1) is 15.4 Å². The van der Waals surface area contributed by atoms with Gasteiger partial charge in [-0.25, -0.2) is 13.2 Å². The summed E-state index contributed by atoms with van der Waals surface area (Å²) in [5.74, 6) is -1.02. The Bertz CT molecular complexity index is 1300. The molecule has 0 atom stereocenters. The van der Waals surface area contributed by atoms with Gasteiger partial charge in [0.2, 0.25) is 9.84 Å². The Morgan fingerprint density at radius 1 is 0.871 bits per heavy atom. The molecule has 0 radical (unpaired) electrons. The van der Waals surface area contributed by atoms with Crippen LogP contribution >= 0.6 is 0 Å². The van der Waals surface area contributed by atoms with E-state index in [1.165, 1.54) is 35.9 Å². The van der Waals surface area contributed by atoms with Crippen molar-refractivity contribution in [2.45, 2.75) is 42.6 Å². The van der Waals surface area contributed by atoms with Crippen molar-refractivity contribution in [3.63, 3.8) is 0 Å². The molecule has 5 nitrogen and oxygen atoms in total. The van der Waals surface area contributed by atoms with Crippen LogP contribution in [0.1, 0.15) is 58.2 Å². The Balaban J connectivity index is 1.57. The number of esters is 1. The van der Waals surface area contributed by atoms with Crippen LogP contribution in [0.4, 0.5) is 0 Å². The molecule has 158 valence electrons. The van der Waals surface area contributed by atoms with Crippen molar-refractivity contribution >= 4 is 21.6 Å². The summed E-state index contributed by atoms with van der Waals surface area (Å²) >= 11 is 0. The van der Waals surface area contributed by atoms with Gasteiger partial charge in [-0.05, 0) is 46.9 Å². The molecule has 0 saturated heterocycles. The van der Waals surface area contributed by atoms with Gasteiger partial charge in [0.1, 0.15) is 6.61 Å². The van der Waals surface area contributed by atoms with E-state index in [1.54, 1.807) is 12.1 Å². The first-order valence-electron chi connectivity index (χ1n) is 9.88. The number of sulfone groups is 1. The first-order valence-corrected chi connectivity index (χ1v) is 11.4. The lowest BCUT2D eigenvalue weighted by Gasteiger charge is -2.19. The number of ether oxygens (including phenoxy) is 1. The van der Waals surface area contributed by atoms with Crippen molar-refractivity contribution in [2.75, 3.05) is 0 Å². The molecule has 4 rings (SSSR count). The van der Waals surface area contributed by atoms with E-state index in [4.69, 9.17) is 4.74 Å². The molecule has 0 N–H and O–H groups in total. The predicted octanol–water partition coefficient (Wildman–Crippen LogP) is 4.72. The highest BCUT2D eigenvalue weighted by Crippen LogP contribution is 2.35. The third kappa shape index (κ3) is 3.79. The minimum Gasteiger partial charge on any atom is -0.457 e. The molecule has 31 heavy (non-hydrogen) atoms. The molecule has 3 aromatic carbocycles. The van der Waals surface area contributed by atoms with E-state index < -0.39 is 15.8 Å². The minimum atomic E-state index is -3.90. The SMILES string of the molecule is CC(C)(C)c1ccc(COC(=O)c2ccc3c(c2)S(=O)(=O)c2ccccc2C3=O)cc1. The van der Waals surface area contributed by atoms with Crippen LogP contribution in [-0.4, -0.2) is 20.2 Å². The largest absolute Gasteiger partial charge is 0.457 e. The van der Waals surface area contributed by atoms with E-state index in [1.807, 2.05) is 24.3 Å². The van der Waals surface area contributed by atoms with Gasteiger partial charge >= 0.3 is 5.97 Å². The summed E-state index contributed by atoms with van der Waals surface area (Å²) in [6.45, 7) is 6.43. The van der Waals surface area contributed by atoms with Crippen molar-refractivity contribution in [1.29, 1.82) is 0 Å². The van der Waals surface area contributed by atoms with E-state index in [0.29, 0.717) is 0 Å². The van der Waals surface area contributed by atoms with Crippen molar-refractivity contribution in [3.8, 4) is 0 Å². The van der Waals surface area contributed by atoms with Crippen LogP contribution in [0, 0.1) is 0 Å². The van der Waals surface area contributed by atoms with E-state index in [0.717, 1.165) is 5.56 Å². The molecule has 3 aromatic rings. The average Bonchev–Trinajstić information content (AvgIpc) is 2.75. The van der Waals surface area contributed by atoms with Gasteiger partial charge in [0.15, 0.2) is 5.78 Å². The highest BCUT2D eigenvalue weighted by Gasteiger charge is 2.35. The summed E-state index contributed by atoms with van der Waals surface area (Å²) in [7, 11) is -3.90. The highest BCUT2D eigenvalue weighted by atomic mass is 32.2. The Kier molecular flexibility index (Phi) is 5.06. The fourth-order valence-corrected chi connectivity index (χ4v) is 5.22. The maximum Gasteiger partial charge on any atom is 0.338 e. The van der Waals surface area contributed by atoms with Crippen LogP contribution in [0.2, 0.25) is 0 Å². The molecule has 0 bridgehead atoms. The lowest BCUT2D eigenvalue weighted by molar-refractivity contribution is 0.0472. The quantitative estimate of drug-likeness (QED) is 0.436. The first kappa shape index (κ1) is 21.0. The average molecular weight is 435 g/mol. The maximum atomic E-state index is 13.0. The molecule has 0 aromatic heterocycles.